The Kier molecular flexibility index (Phi) is 3.69. The molecule has 1 unspecified atom stereocenters. The van der Waals surface area contributed by atoms with Gasteiger partial charge in [0.2, 0.25) is 5.95 Å². The summed E-state index contributed by atoms with van der Waals surface area (Å²) in [5, 5.41) is 10.2. The quantitative estimate of drug-likeness (QED) is 0.891. The number of anilines is 2. The lowest BCUT2D eigenvalue weighted by Gasteiger charge is -2.34. The van der Waals surface area contributed by atoms with E-state index in [1.807, 2.05) is 24.3 Å². The van der Waals surface area contributed by atoms with Gasteiger partial charge in [-0.15, -0.1) is 0 Å². The lowest BCUT2D eigenvalue weighted by molar-refractivity contribution is 0.244. The molecule has 3 rings (SSSR count). The zero-order valence-corrected chi connectivity index (χ0v) is 11.5. The number of aromatic nitrogens is 2. The second kappa shape index (κ2) is 5.63. The van der Waals surface area contributed by atoms with Crippen LogP contribution in [0.3, 0.4) is 0 Å². The molecule has 1 saturated heterocycles. The average Bonchev–Trinajstić information content (AvgIpc) is 2.47. The highest BCUT2D eigenvalue weighted by molar-refractivity contribution is 5.90. The van der Waals surface area contributed by atoms with Crippen molar-refractivity contribution in [1.29, 1.82) is 0 Å². The zero-order chi connectivity index (χ0) is 13.9. The van der Waals surface area contributed by atoms with E-state index in [1.54, 1.807) is 0 Å². The Morgan fingerprint density at radius 2 is 2.15 bits per heavy atom. The lowest BCUT2D eigenvalue weighted by atomic mass is 9.95. The van der Waals surface area contributed by atoms with Crippen LogP contribution in [-0.4, -0.2) is 34.8 Å². The van der Waals surface area contributed by atoms with Crippen molar-refractivity contribution in [2.24, 2.45) is 5.92 Å². The molecule has 20 heavy (non-hydrogen) atoms. The molecule has 5 heteroatoms. The molecule has 0 saturated carbocycles. The van der Waals surface area contributed by atoms with E-state index in [1.165, 1.54) is 6.42 Å². The molecule has 0 spiro atoms. The summed E-state index contributed by atoms with van der Waals surface area (Å²) in [5.74, 6) is 1.78. The van der Waals surface area contributed by atoms with Crippen LogP contribution in [0.1, 0.15) is 19.3 Å². The second-order valence-corrected chi connectivity index (χ2v) is 5.39. The highest BCUT2D eigenvalue weighted by Gasteiger charge is 2.22. The third kappa shape index (κ3) is 2.54. The van der Waals surface area contributed by atoms with Gasteiger partial charge in [0.05, 0.1) is 5.52 Å². The molecule has 1 fully saturated rings. The van der Waals surface area contributed by atoms with Crippen LogP contribution in [0.15, 0.2) is 24.3 Å². The van der Waals surface area contributed by atoms with Crippen molar-refractivity contribution in [3.8, 4) is 0 Å². The number of nitrogen functional groups attached to an aromatic ring is 1. The summed E-state index contributed by atoms with van der Waals surface area (Å²) < 4.78 is 0. The SMILES string of the molecule is Nc1nc(N2CCCC(CCO)C2)c2ccccc2n1. The Labute approximate surface area is 118 Å². The number of nitrogens with two attached hydrogens (primary N) is 1. The number of aliphatic hydroxyl groups is 1. The van der Waals surface area contributed by atoms with Gasteiger partial charge >= 0.3 is 0 Å². The fraction of sp³-hybridized carbons (Fsp3) is 0.467. The smallest absolute Gasteiger partial charge is 0.222 e. The molecule has 1 atom stereocenters. The maximum atomic E-state index is 9.13. The van der Waals surface area contributed by atoms with Gasteiger partial charge in [-0.2, -0.15) is 4.98 Å². The van der Waals surface area contributed by atoms with Crippen LogP contribution in [0.4, 0.5) is 11.8 Å². The summed E-state index contributed by atoms with van der Waals surface area (Å²) in [4.78, 5) is 11.0. The minimum absolute atomic E-state index is 0.255. The summed E-state index contributed by atoms with van der Waals surface area (Å²) in [5.41, 5.74) is 6.72. The van der Waals surface area contributed by atoms with E-state index >= 15 is 0 Å². The van der Waals surface area contributed by atoms with Gasteiger partial charge in [0.15, 0.2) is 0 Å². The molecule has 106 valence electrons. The van der Waals surface area contributed by atoms with Crippen molar-refractivity contribution < 1.29 is 5.11 Å². The summed E-state index contributed by atoms with van der Waals surface area (Å²) in [7, 11) is 0. The number of rotatable bonds is 3. The van der Waals surface area contributed by atoms with E-state index < -0.39 is 0 Å². The highest BCUT2D eigenvalue weighted by Crippen LogP contribution is 2.29. The fourth-order valence-electron chi connectivity index (χ4n) is 2.99. The number of hydrogen-bond donors (Lipinski definition) is 2. The van der Waals surface area contributed by atoms with Crippen molar-refractivity contribution in [2.45, 2.75) is 19.3 Å². The summed E-state index contributed by atoms with van der Waals surface area (Å²) >= 11 is 0. The van der Waals surface area contributed by atoms with Crippen molar-refractivity contribution in [1.82, 2.24) is 9.97 Å². The van der Waals surface area contributed by atoms with Crippen LogP contribution in [0.5, 0.6) is 0 Å². The molecular weight excluding hydrogens is 252 g/mol. The number of aliphatic hydroxyl groups excluding tert-OH is 1. The first kappa shape index (κ1) is 13.1. The molecule has 1 aromatic heterocycles. The topological polar surface area (TPSA) is 75.3 Å². The molecule has 0 bridgehead atoms. The number of nitrogens with zero attached hydrogens (tertiary/aromatic N) is 3. The third-order valence-corrected chi connectivity index (χ3v) is 3.96. The second-order valence-electron chi connectivity index (χ2n) is 5.39. The Morgan fingerprint density at radius 1 is 1.30 bits per heavy atom. The van der Waals surface area contributed by atoms with Gasteiger partial charge in [0.1, 0.15) is 5.82 Å². The maximum Gasteiger partial charge on any atom is 0.222 e. The van der Waals surface area contributed by atoms with E-state index in [2.05, 4.69) is 14.9 Å². The number of fused-ring (bicyclic) bond motifs is 1. The standard InChI is InChI=1S/C15H20N4O/c16-15-17-13-6-2-1-5-12(13)14(18-15)19-8-3-4-11(10-19)7-9-20/h1-2,5-6,11,20H,3-4,7-10H2,(H2,16,17,18). The molecule has 5 nitrogen and oxygen atoms in total. The fourth-order valence-corrected chi connectivity index (χ4v) is 2.99. The number of para-hydroxylation sites is 1. The van der Waals surface area contributed by atoms with Crippen LogP contribution in [0.2, 0.25) is 0 Å². The first-order valence-corrected chi connectivity index (χ1v) is 7.16. The Hall–Kier alpha value is -1.88. The normalized spacial score (nSPS) is 19.4. The first-order chi connectivity index (χ1) is 9.78. The minimum Gasteiger partial charge on any atom is -0.396 e. The third-order valence-electron chi connectivity index (χ3n) is 3.96. The Balaban J connectivity index is 1.96. The van der Waals surface area contributed by atoms with Crippen molar-refractivity contribution in [3.05, 3.63) is 24.3 Å². The van der Waals surface area contributed by atoms with Gasteiger partial charge in [0.25, 0.3) is 0 Å². The first-order valence-electron chi connectivity index (χ1n) is 7.16. The van der Waals surface area contributed by atoms with E-state index in [-0.39, 0.29) is 6.61 Å². The largest absolute Gasteiger partial charge is 0.396 e. The lowest BCUT2D eigenvalue weighted by Crippen LogP contribution is -2.36. The predicted octanol–water partition coefficient (Wildman–Crippen LogP) is 1.81. The average molecular weight is 272 g/mol. The monoisotopic (exact) mass is 272 g/mol. The Morgan fingerprint density at radius 3 is 3.00 bits per heavy atom. The molecular formula is C15H20N4O. The van der Waals surface area contributed by atoms with Gasteiger partial charge in [-0.05, 0) is 37.3 Å². The van der Waals surface area contributed by atoms with E-state index in [9.17, 15) is 0 Å². The van der Waals surface area contributed by atoms with Gasteiger partial charge in [-0.1, -0.05) is 12.1 Å². The van der Waals surface area contributed by atoms with Crippen molar-refractivity contribution >= 4 is 22.7 Å². The van der Waals surface area contributed by atoms with E-state index in [0.29, 0.717) is 11.9 Å². The summed E-state index contributed by atoms with van der Waals surface area (Å²) in [6.45, 7) is 2.18. The molecule has 2 heterocycles. The van der Waals surface area contributed by atoms with Crippen molar-refractivity contribution in [2.75, 3.05) is 30.3 Å². The molecule has 1 aliphatic heterocycles. The molecule has 3 N–H and O–H groups in total. The summed E-state index contributed by atoms with van der Waals surface area (Å²) in [6.07, 6.45) is 3.16. The van der Waals surface area contributed by atoms with Gasteiger partial charge in [-0.3, -0.25) is 0 Å². The van der Waals surface area contributed by atoms with Gasteiger partial charge in [-0.25, -0.2) is 4.98 Å². The molecule has 0 amide bonds. The predicted molar refractivity (Wildman–Crippen MR) is 80.6 cm³/mol. The number of benzene rings is 1. The van der Waals surface area contributed by atoms with Crippen LogP contribution in [-0.2, 0) is 0 Å². The van der Waals surface area contributed by atoms with E-state index in [0.717, 1.165) is 42.7 Å². The molecule has 2 aromatic rings. The van der Waals surface area contributed by atoms with Crippen molar-refractivity contribution in [3.63, 3.8) is 0 Å². The molecule has 1 aliphatic rings. The molecule has 1 aromatic carbocycles. The number of piperidine rings is 1. The van der Waals surface area contributed by atoms with Crippen LogP contribution in [0, 0.1) is 5.92 Å². The van der Waals surface area contributed by atoms with Crippen LogP contribution >= 0.6 is 0 Å². The van der Waals surface area contributed by atoms with Gasteiger partial charge < -0.3 is 15.7 Å². The highest BCUT2D eigenvalue weighted by atomic mass is 16.3. The molecule has 0 aliphatic carbocycles. The van der Waals surface area contributed by atoms with E-state index in [4.69, 9.17) is 10.8 Å². The maximum absolute atomic E-state index is 9.13. The van der Waals surface area contributed by atoms with Gasteiger partial charge in [0, 0.05) is 25.1 Å². The minimum atomic E-state index is 0.255. The Bertz CT molecular complexity index is 599. The van der Waals surface area contributed by atoms with Crippen LogP contribution in [0.25, 0.3) is 10.9 Å². The summed E-state index contributed by atoms with van der Waals surface area (Å²) in [6, 6.07) is 7.97. The number of hydrogen-bond acceptors (Lipinski definition) is 5. The zero-order valence-electron chi connectivity index (χ0n) is 11.5. The van der Waals surface area contributed by atoms with Crippen LogP contribution < -0.4 is 10.6 Å². The molecule has 0 radical (unpaired) electrons.